The molecule has 3 heterocycles. The summed E-state index contributed by atoms with van der Waals surface area (Å²) in [6, 6.07) is 17.0. The summed E-state index contributed by atoms with van der Waals surface area (Å²) in [6.45, 7) is 3.50. The van der Waals surface area contributed by atoms with Gasteiger partial charge >= 0.3 is 5.97 Å². The minimum atomic E-state index is -1.20. The van der Waals surface area contributed by atoms with Crippen LogP contribution in [0.4, 0.5) is 16.0 Å². The van der Waals surface area contributed by atoms with E-state index in [1.165, 1.54) is 13.2 Å². The van der Waals surface area contributed by atoms with Gasteiger partial charge in [0.2, 0.25) is 5.91 Å². The van der Waals surface area contributed by atoms with Gasteiger partial charge in [0, 0.05) is 10.9 Å². The first-order valence-corrected chi connectivity index (χ1v) is 14.2. The fourth-order valence-corrected chi connectivity index (χ4v) is 5.84. The first-order valence-electron chi connectivity index (χ1n) is 13.8. The summed E-state index contributed by atoms with van der Waals surface area (Å²) in [5, 5.41) is 17.8. The molecule has 0 bridgehead atoms. The number of carbonyl (C=O) groups is 2. The molecule has 5 aromatic rings. The van der Waals surface area contributed by atoms with E-state index in [1.54, 1.807) is 61.0 Å². The summed E-state index contributed by atoms with van der Waals surface area (Å²) in [7, 11) is 1.50. The number of hydrogen-bond donors (Lipinski definition) is 3. The van der Waals surface area contributed by atoms with Crippen LogP contribution in [-0.4, -0.2) is 43.8 Å². The van der Waals surface area contributed by atoms with Crippen LogP contribution >= 0.6 is 11.6 Å². The quantitative estimate of drug-likeness (QED) is 0.209. The van der Waals surface area contributed by atoms with Gasteiger partial charge in [-0.05, 0) is 42.7 Å². The molecule has 0 radical (unpaired) electrons. The van der Waals surface area contributed by atoms with Gasteiger partial charge in [0.1, 0.15) is 34.3 Å². The number of carbonyl (C=O) groups excluding carboxylic acids is 1. The number of nitrogens with zero attached hydrogens (tertiary/aromatic N) is 4. The number of carboxylic acids is 1. The van der Waals surface area contributed by atoms with Gasteiger partial charge in [-0.2, -0.15) is 5.10 Å². The van der Waals surface area contributed by atoms with Crippen LogP contribution in [0.25, 0.3) is 22.4 Å². The number of aliphatic carboxylic acids is 1. The Labute approximate surface area is 256 Å². The molecule has 0 aliphatic carbocycles. The number of methoxy groups -OCH3 is 1. The van der Waals surface area contributed by atoms with E-state index in [1.807, 2.05) is 12.1 Å². The molecule has 12 heteroatoms. The molecule has 1 unspecified atom stereocenters. The molecule has 1 aliphatic heterocycles. The van der Waals surface area contributed by atoms with Crippen molar-refractivity contribution in [1.82, 2.24) is 19.7 Å². The van der Waals surface area contributed by atoms with E-state index in [-0.39, 0.29) is 35.7 Å². The highest BCUT2D eigenvalue weighted by molar-refractivity contribution is 6.33. The van der Waals surface area contributed by atoms with Crippen molar-refractivity contribution in [1.29, 1.82) is 0 Å². The van der Waals surface area contributed by atoms with E-state index < -0.39 is 17.3 Å². The Bertz CT molecular complexity index is 1960. The van der Waals surface area contributed by atoms with Crippen LogP contribution in [0.1, 0.15) is 36.1 Å². The molecule has 2 atom stereocenters. The molecule has 10 nitrogen and oxygen atoms in total. The molecular weight excluding hydrogens is 587 g/mol. The second kappa shape index (κ2) is 10.9. The molecule has 1 amide bonds. The third-order valence-corrected chi connectivity index (χ3v) is 8.43. The molecule has 4 N–H and O–H groups in total. The summed E-state index contributed by atoms with van der Waals surface area (Å²) in [4.78, 5) is 34.0. The molecule has 0 spiro atoms. The highest BCUT2D eigenvalue weighted by Crippen LogP contribution is 2.45. The van der Waals surface area contributed by atoms with Crippen LogP contribution in [0.15, 0.2) is 60.7 Å². The molecule has 0 saturated carbocycles. The SMILES string of the molecule is COc1cc2c(-c3nc(N)c4c(n3)NC(=O)[C@@]4(C)c3ccc(CC(C)C(=O)O)cc3)nn(Cc3ccccc3F)c2cc1Cl. The lowest BCUT2D eigenvalue weighted by Gasteiger charge is -2.23. The van der Waals surface area contributed by atoms with Crippen LogP contribution in [0.3, 0.4) is 0 Å². The largest absolute Gasteiger partial charge is 0.495 e. The van der Waals surface area contributed by atoms with Crippen molar-refractivity contribution in [3.8, 4) is 17.3 Å². The number of halogens is 2. The van der Waals surface area contributed by atoms with Gasteiger partial charge in [0.05, 0.1) is 35.7 Å². The van der Waals surface area contributed by atoms with Gasteiger partial charge in [-0.1, -0.05) is 61.0 Å². The zero-order chi connectivity index (χ0) is 31.3. The summed E-state index contributed by atoms with van der Waals surface area (Å²) in [5.74, 6) is -1.22. The third kappa shape index (κ3) is 4.79. The fraction of sp³-hybridized carbons (Fsp3) is 0.219. The average Bonchev–Trinajstić information content (AvgIpc) is 3.47. The maximum Gasteiger partial charge on any atom is 0.306 e. The van der Waals surface area contributed by atoms with Gasteiger partial charge in [-0.25, -0.2) is 14.4 Å². The van der Waals surface area contributed by atoms with E-state index in [4.69, 9.17) is 27.2 Å². The molecule has 6 rings (SSSR count). The number of fused-ring (bicyclic) bond motifs is 2. The number of benzene rings is 3. The molecule has 1 aliphatic rings. The standard InChI is InChI=1S/C32H28ClFN6O4/c1-16(30(41)42)12-17-8-10-19(11-9-17)32(2)25-27(35)36-29(37-28(25)38-31(32)43)26-20-13-24(44-3)21(33)14-23(20)40(39-26)15-18-6-4-5-7-22(18)34/h4-11,13-14,16H,12,15H2,1-3H3,(H,41,42)(H3,35,36,37,38,43)/t16?,32-/m0/s1. The van der Waals surface area contributed by atoms with Crippen LogP contribution in [0, 0.1) is 11.7 Å². The van der Waals surface area contributed by atoms with Crippen molar-refractivity contribution < 1.29 is 23.8 Å². The zero-order valence-electron chi connectivity index (χ0n) is 24.1. The maximum absolute atomic E-state index is 14.6. The number of nitrogens with one attached hydrogen (secondary N) is 1. The van der Waals surface area contributed by atoms with Crippen molar-refractivity contribution in [3.05, 3.63) is 93.8 Å². The van der Waals surface area contributed by atoms with E-state index in [9.17, 15) is 19.1 Å². The zero-order valence-corrected chi connectivity index (χ0v) is 24.8. The summed E-state index contributed by atoms with van der Waals surface area (Å²) in [5.41, 5.74) is 8.64. The van der Waals surface area contributed by atoms with Gasteiger partial charge in [-0.15, -0.1) is 0 Å². The Morgan fingerprint density at radius 2 is 1.91 bits per heavy atom. The monoisotopic (exact) mass is 614 g/mol. The van der Waals surface area contributed by atoms with Crippen LogP contribution in [0.2, 0.25) is 5.02 Å². The van der Waals surface area contributed by atoms with Crippen molar-refractivity contribution >= 4 is 46.0 Å². The molecule has 44 heavy (non-hydrogen) atoms. The molecule has 2 aromatic heterocycles. The number of aromatic nitrogens is 4. The van der Waals surface area contributed by atoms with Gasteiger partial charge in [-0.3, -0.25) is 14.3 Å². The maximum atomic E-state index is 14.6. The second-order valence-electron chi connectivity index (χ2n) is 11.0. The number of anilines is 2. The van der Waals surface area contributed by atoms with Crippen LogP contribution < -0.4 is 15.8 Å². The Kier molecular flexibility index (Phi) is 7.21. The normalized spacial score (nSPS) is 16.5. The van der Waals surface area contributed by atoms with Crippen molar-refractivity contribution in [2.75, 3.05) is 18.2 Å². The predicted octanol–water partition coefficient (Wildman–Crippen LogP) is 5.45. The van der Waals surface area contributed by atoms with E-state index in [0.29, 0.717) is 50.5 Å². The number of nitrogen functional groups attached to an aromatic ring is 1. The first kappa shape index (κ1) is 29.1. The number of carboxylic acid groups (broad SMARTS) is 1. The van der Waals surface area contributed by atoms with Gasteiger partial charge in [0.15, 0.2) is 5.82 Å². The number of amides is 1. The summed E-state index contributed by atoms with van der Waals surface area (Å²) in [6.07, 6.45) is 0.358. The Balaban J connectivity index is 1.44. The highest BCUT2D eigenvalue weighted by atomic mass is 35.5. The summed E-state index contributed by atoms with van der Waals surface area (Å²) >= 11 is 6.46. The minimum Gasteiger partial charge on any atom is -0.495 e. The fourth-order valence-electron chi connectivity index (χ4n) is 5.61. The van der Waals surface area contributed by atoms with Crippen LogP contribution in [0.5, 0.6) is 5.75 Å². The molecular formula is C32H28ClFN6O4. The number of hydrogen-bond acceptors (Lipinski definition) is 7. The molecule has 224 valence electrons. The van der Waals surface area contributed by atoms with Crippen molar-refractivity contribution in [2.45, 2.75) is 32.2 Å². The highest BCUT2D eigenvalue weighted by Gasteiger charge is 2.47. The lowest BCUT2D eigenvalue weighted by atomic mass is 9.77. The average molecular weight is 615 g/mol. The predicted molar refractivity (Wildman–Crippen MR) is 164 cm³/mol. The lowest BCUT2D eigenvalue weighted by molar-refractivity contribution is -0.141. The molecule has 3 aromatic carbocycles. The van der Waals surface area contributed by atoms with Crippen LogP contribution in [-0.2, 0) is 28.0 Å². The number of rotatable bonds is 8. The topological polar surface area (TPSA) is 145 Å². The Hall–Kier alpha value is -5.03. The Morgan fingerprint density at radius 3 is 2.59 bits per heavy atom. The lowest BCUT2D eigenvalue weighted by Crippen LogP contribution is -2.33. The Morgan fingerprint density at radius 1 is 1.18 bits per heavy atom. The summed E-state index contributed by atoms with van der Waals surface area (Å²) < 4.78 is 21.6. The minimum absolute atomic E-state index is 0.0900. The van der Waals surface area contributed by atoms with Gasteiger partial charge < -0.3 is 20.9 Å². The van der Waals surface area contributed by atoms with E-state index >= 15 is 0 Å². The van der Waals surface area contributed by atoms with Crippen molar-refractivity contribution in [2.24, 2.45) is 5.92 Å². The van der Waals surface area contributed by atoms with Gasteiger partial charge in [0.25, 0.3) is 0 Å². The first-order chi connectivity index (χ1) is 21.0. The molecule has 0 fully saturated rings. The van der Waals surface area contributed by atoms with Crippen molar-refractivity contribution in [3.63, 3.8) is 0 Å². The number of nitrogens with two attached hydrogens (primary N) is 1. The second-order valence-corrected chi connectivity index (χ2v) is 11.4. The smallest absolute Gasteiger partial charge is 0.306 e. The number of ether oxygens (including phenoxy) is 1. The van der Waals surface area contributed by atoms with E-state index in [0.717, 1.165) is 5.56 Å². The third-order valence-electron chi connectivity index (χ3n) is 8.13. The molecule has 0 saturated heterocycles. The van der Waals surface area contributed by atoms with E-state index in [2.05, 4.69) is 15.3 Å².